The highest BCUT2D eigenvalue weighted by Gasteiger charge is 2.71. The zero-order valence-corrected chi connectivity index (χ0v) is 32.6. The maximum atomic E-state index is 15.6. The fourth-order valence-corrected chi connectivity index (χ4v) is 10.5. The highest BCUT2D eigenvalue weighted by atomic mass is 35.5. The molecule has 59 heavy (non-hydrogen) atoms. The number of ether oxygens (including phenoxy) is 2. The first-order valence-electron chi connectivity index (χ1n) is 19.3. The summed E-state index contributed by atoms with van der Waals surface area (Å²) in [6.45, 7) is 0. The number of anilines is 2. The number of aromatic nitrogens is 1. The van der Waals surface area contributed by atoms with Crippen LogP contribution in [0.4, 0.5) is 11.4 Å². The second-order valence-corrected chi connectivity index (χ2v) is 15.8. The van der Waals surface area contributed by atoms with Gasteiger partial charge in [0.2, 0.25) is 29.5 Å². The lowest BCUT2D eigenvalue weighted by Gasteiger charge is -2.51. The topological polar surface area (TPSA) is 139 Å². The van der Waals surface area contributed by atoms with Gasteiger partial charge in [0.15, 0.2) is 5.58 Å². The molecule has 2 aliphatic carbocycles. The van der Waals surface area contributed by atoms with Crippen LogP contribution in [-0.4, -0.2) is 47.9 Å². The molecule has 2 aliphatic heterocycles. The van der Waals surface area contributed by atoms with Gasteiger partial charge in [-0.2, -0.15) is 0 Å². The fourth-order valence-electron chi connectivity index (χ4n) is 10.3. The Labute approximate surface area is 343 Å². The molecule has 294 valence electrons. The minimum Gasteiger partial charge on any atom is -0.508 e. The van der Waals surface area contributed by atoms with Gasteiger partial charge in [0.05, 0.1) is 48.8 Å². The van der Waals surface area contributed by atoms with Crippen molar-refractivity contribution in [2.75, 3.05) is 24.0 Å². The number of benzene rings is 5. The number of carbonyl (C=O) groups excluding carboxylic acids is 4. The Morgan fingerprint density at radius 3 is 2.17 bits per heavy atom. The molecule has 5 aromatic carbocycles. The normalized spacial score (nSPS) is 24.9. The van der Waals surface area contributed by atoms with Crippen molar-refractivity contribution >= 4 is 57.7 Å². The van der Waals surface area contributed by atoms with Gasteiger partial charge >= 0.3 is 0 Å². The number of amides is 4. The second kappa shape index (κ2) is 13.7. The number of nitrogens with zero attached hydrogens (tertiary/aromatic N) is 3. The van der Waals surface area contributed by atoms with E-state index in [0.29, 0.717) is 50.1 Å². The van der Waals surface area contributed by atoms with Crippen molar-refractivity contribution in [3.8, 4) is 28.7 Å². The number of halogens is 1. The minimum absolute atomic E-state index is 0.103. The quantitative estimate of drug-likeness (QED) is 0.125. The van der Waals surface area contributed by atoms with Gasteiger partial charge in [-0.15, -0.1) is 0 Å². The monoisotopic (exact) mass is 805 g/mol. The van der Waals surface area contributed by atoms with Crippen LogP contribution < -0.4 is 19.3 Å². The summed E-state index contributed by atoms with van der Waals surface area (Å²) < 4.78 is 17.8. The summed E-state index contributed by atoms with van der Waals surface area (Å²) in [7, 11) is 2.92. The Bertz CT molecular complexity index is 2710. The highest BCUT2D eigenvalue weighted by Crippen LogP contribution is 2.66. The van der Waals surface area contributed by atoms with Gasteiger partial charge in [-0.3, -0.25) is 24.1 Å². The van der Waals surface area contributed by atoms with E-state index < -0.39 is 46.8 Å². The van der Waals surface area contributed by atoms with E-state index in [-0.39, 0.29) is 41.9 Å². The van der Waals surface area contributed by atoms with Gasteiger partial charge in [-0.25, -0.2) is 9.88 Å². The Morgan fingerprint density at radius 2 is 1.47 bits per heavy atom. The van der Waals surface area contributed by atoms with Crippen LogP contribution in [0, 0.1) is 23.7 Å². The average Bonchev–Trinajstić information content (AvgIpc) is 3.87. The number of rotatable bonds is 7. The highest BCUT2D eigenvalue weighted by molar-refractivity contribution is 6.32. The molecule has 10 rings (SSSR count). The van der Waals surface area contributed by atoms with Crippen molar-refractivity contribution < 1.29 is 38.2 Å². The number of carbonyl (C=O) groups is 4. The standard InChI is InChI=1S/C47H36ClN3O8/c1-57-37-22-30(52)23-38(58-2)40(37)41-31-19-20-32-39(45(55)50(43(32)53)28-17-15-25(16-18-28)42-49-35-13-6-7-14-36(35)59-42)33(31)24-34-44(54)51(29-12-8-11-27(48)21-29)46(56)47(34,41)26-9-4-3-5-10-26/h3-19,21-23,32-34,39,41,52H,20,24H2,1-2H3/t32-,33+,34-,39-,41+,47+/m0/s1. The molecule has 12 heteroatoms. The van der Waals surface area contributed by atoms with Crippen molar-refractivity contribution in [3.05, 3.63) is 143 Å². The largest absolute Gasteiger partial charge is 0.508 e. The number of aromatic hydroxyl groups is 1. The SMILES string of the molecule is COc1cc(O)cc(OC)c1[C@H]1C2=CC[C@@H]3C(=O)N(c4ccc(-c5nc6ccccc6o5)cc4)C(=O)[C@@H]3[C@@H]2C[C@H]2C(=O)N(c3cccc(Cl)c3)C(=O)[C@@]12c1ccccc1. The summed E-state index contributed by atoms with van der Waals surface area (Å²) in [6.07, 6.45) is 2.29. The third-order valence-electron chi connectivity index (χ3n) is 12.7. The van der Waals surface area contributed by atoms with Crippen LogP contribution in [0.3, 0.4) is 0 Å². The van der Waals surface area contributed by atoms with Crippen LogP contribution in [0.2, 0.25) is 5.02 Å². The number of para-hydroxylation sites is 2. The minimum atomic E-state index is -1.57. The molecular weight excluding hydrogens is 770 g/mol. The Kier molecular flexibility index (Phi) is 8.50. The molecule has 4 aliphatic rings. The molecule has 1 N–H and O–H groups in total. The van der Waals surface area contributed by atoms with E-state index in [2.05, 4.69) is 4.98 Å². The number of allylic oxidation sites excluding steroid dienone is 2. The van der Waals surface area contributed by atoms with Crippen LogP contribution >= 0.6 is 11.6 Å². The van der Waals surface area contributed by atoms with Crippen molar-refractivity contribution in [2.45, 2.75) is 24.2 Å². The average molecular weight is 806 g/mol. The number of phenolic OH excluding ortho intramolecular Hbond substituents is 1. The van der Waals surface area contributed by atoms with E-state index in [0.717, 1.165) is 5.57 Å². The molecule has 0 bridgehead atoms. The van der Waals surface area contributed by atoms with E-state index in [4.69, 9.17) is 25.5 Å². The zero-order valence-electron chi connectivity index (χ0n) is 31.9. The molecular formula is C47H36ClN3O8. The summed E-state index contributed by atoms with van der Waals surface area (Å²) in [4.78, 5) is 67.2. The first-order chi connectivity index (χ1) is 28.6. The summed E-state index contributed by atoms with van der Waals surface area (Å²) in [5, 5.41) is 11.2. The van der Waals surface area contributed by atoms with Gasteiger partial charge in [0, 0.05) is 34.2 Å². The van der Waals surface area contributed by atoms with E-state index >= 15 is 9.59 Å². The van der Waals surface area contributed by atoms with Crippen molar-refractivity contribution in [2.24, 2.45) is 23.7 Å². The van der Waals surface area contributed by atoms with Gasteiger partial charge in [0.25, 0.3) is 0 Å². The molecule has 3 heterocycles. The van der Waals surface area contributed by atoms with Gasteiger partial charge < -0.3 is 19.0 Å². The van der Waals surface area contributed by atoms with Crippen molar-refractivity contribution in [1.29, 1.82) is 0 Å². The third kappa shape index (κ3) is 5.30. The van der Waals surface area contributed by atoms with Crippen LogP contribution in [0.5, 0.6) is 17.2 Å². The molecule has 1 aromatic heterocycles. The van der Waals surface area contributed by atoms with Crippen LogP contribution in [0.25, 0.3) is 22.6 Å². The zero-order chi connectivity index (χ0) is 40.7. The number of oxazole rings is 1. The smallest absolute Gasteiger partial charge is 0.246 e. The van der Waals surface area contributed by atoms with Crippen molar-refractivity contribution in [1.82, 2.24) is 4.98 Å². The third-order valence-corrected chi connectivity index (χ3v) is 12.9. The predicted molar refractivity (Wildman–Crippen MR) is 219 cm³/mol. The molecule has 6 aromatic rings. The van der Waals surface area contributed by atoms with Crippen LogP contribution in [0.15, 0.2) is 131 Å². The molecule has 3 fully saturated rings. The van der Waals surface area contributed by atoms with Crippen molar-refractivity contribution in [3.63, 3.8) is 0 Å². The summed E-state index contributed by atoms with van der Waals surface area (Å²) in [5.41, 5.74) is 2.94. The number of hydrogen-bond acceptors (Lipinski definition) is 9. The summed E-state index contributed by atoms with van der Waals surface area (Å²) in [5.74, 6) is -5.01. The Hall–Kier alpha value is -6.72. The van der Waals surface area contributed by atoms with Crippen LogP contribution in [-0.2, 0) is 24.6 Å². The Balaban J connectivity index is 1.13. The number of methoxy groups -OCH3 is 2. The molecule has 0 spiro atoms. The van der Waals surface area contributed by atoms with E-state index in [9.17, 15) is 14.7 Å². The molecule has 6 atom stereocenters. The fraction of sp³-hybridized carbons (Fsp3) is 0.213. The lowest BCUT2D eigenvalue weighted by atomic mass is 9.49. The molecule has 0 radical (unpaired) electrons. The van der Waals surface area contributed by atoms with E-state index in [1.807, 2.05) is 60.7 Å². The summed E-state index contributed by atoms with van der Waals surface area (Å²) >= 11 is 6.46. The number of imide groups is 2. The molecule has 4 amide bonds. The molecule has 2 saturated heterocycles. The van der Waals surface area contributed by atoms with E-state index in [1.165, 1.54) is 36.2 Å². The molecule has 0 unspecified atom stereocenters. The maximum absolute atomic E-state index is 15.6. The maximum Gasteiger partial charge on any atom is 0.246 e. The van der Waals surface area contributed by atoms with Gasteiger partial charge in [-0.1, -0.05) is 71.8 Å². The summed E-state index contributed by atoms with van der Waals surface area (Å²) in [6, 6.07) is 33.1. The van der Waals surface area contributed by atoms with E-state index in [1.54, 1.807) is 48.5 Å². The lowest BCUT2D eigenvalue weighted by Crippen LogP contribution is -2.53. The Morgan fingerprint density at radius 1 is 0.763 bits per heavy atom. The molecule has 11 nitrogen and oxygen atoms in total. The first kappa shape index (κ1) is 36.6. The van der Waals surface area contributed by atoms with Gasteiger partial charge in [0.1, 0.15) is 22.8 Å². The lowest BCUT2D eigenvalue weighted by molar-refractivity contribution is -0.127. The number of fused-ring (bicyclic) bond motifs is 5. The van der Waals surface area contributed by atoms with Crippen LogP contribution in [0.1, 0.15) is 29.9 Å². The van der Waals surface area contributed by atoms with Gasteiger partial charge in [-0.05, 0) is 78.9 Å². The number of phenols is 1. The molecule has 1 saturated carbocycles. The number of hydrogen-bond donors (Lipinski definition) is 1. The second-order valence-electron chi connectivity index (χ2n) is 15.4. The predicted octanol–water partition coefficient (Wildman–Crippen LogP) is 8.24. The first-order valence-corrected chi connectivity index (χ1v) is 19.7.